The maximum Gasteiger partial charge on any atom is 0.246 e. The highest BCUT2D eigenvalue weighted by Crippen LogP contribution is 2.18. The Morgan fingerprint density at radius 3 is 2.25 bits per heavy atom. The summed E-state index contributed by atoms with van der Waals surface area (Å²) in [5.41, 5.74) is 1.68. The summed E-state index contributed by atoms with van der Waals surface area (Å²) in [5, 5.41) is 0. The van der Waals surface area contributed by atoms with Crippen LogP contribution in [0.5, 0.6) is 0 Å². The standard InChI is InChI=1S/C14H13F2NO2S/c1-10-4-2-5-11(8-10)9-17-20(18,19)14-12(15)6-3-7-13(14)16/h2-8,17H,9H2,1H3. The molecule has 0 spiro atoms. The molecule has 0 amide bonds. The fourth-order valence-electron chi connectivity index (χ4n) is 1.81. The van der Waals surface area contributed by atoms with E-state index in [4.69, 9.17) is 0 Å². The number of rotatable bonds is 4. The maximum atomic E-state index is 13.5. The van der Waals surface area contributed by atoms with Gasteiger partial charge in [-0.25, -0.2) is 21.9 Å². The van der Waals surface area contributed by atoms with Gasteiger partial charge in [-0.1, -0.05) is 35.9 Å². The second kappa shape index (κ2) is 5.68. The van der Waals surface area contributed by atoms with E-state index in [1.54, 1.807) is 18.2 Å². The number of hydrogen-bond acceptors (Lipinski definition) is 2. The number of aryl methyl sites for hydroxylation is 1. The van der Waals surface area contributed by atoms with Crippen molar-refractivity contribution < 1.29 is 17.2 Å². The largest absolute Gasteiger partial charge is 0.246 e. The van der Waals surface area contributed by atoms with Crippen molar-refractivity contribution in [2.75, 3.05) is 0 Å². The van der Waals surface area contributed by atoms with Crippen molar-refractivity contribution in [3.8, 4) is 0 Å². The highest BCUT2D eigenvalue weighted by atomic mass is 32.2. The predicted octanol–water partition coefficient (Wildman–Crippen LogP) is 2.75. The van der Waals surface area contributed by atoms with Gasteiger partial charge in [0.1, 0.15) is 11.6 Å². The van der Waals surface area contributed by atoms with Gasteiger partial charge in [0.25, 0.3) is 0 Å². The van der Waals surface area contributed by atoms with Crippen LogP contribution in [0.25, 0.3) is 0 Å². The molecule has 1 N–H and O–H groups in total. The first-order valence-electron chi connectivity index (χ1n) is 5.89. The van der Waals surface area contributed by atoms with Crippen LogP contribution < -0.4 is 4.72 Å². The van der Waals surface area contributed by atoms with E-state index < -0.39 is 26.6 Å². The first-order chi connectivity index (χ1) is 9.40. The SMILES string of the molecule is Cc1cccc(CNS(=O)(=O)c2c(F)cccc2F)c1. The first-order valence-corrected chi connectivity index (χ1v) is 7.38. The molecule has 6 heteroatoms. The number of halogens is 2. The lowest BCUT2D eigenvalue weighted by Gasteiger charge is -2.09. The smallest absolute Gasteiger partial charge is 0.207 e. The molecule has 0 aliphatic heterocycles. The Morgan fingerprint density at radius 1 is 1.05 bits per heavy atom. The molecule has 2 aromatic rings. The number of nitrogens with one attached hydrogen (secondary N) is 1. The third-order valence-electron chi connectivity index (χ3n) is 2.74. The number of benzene rings is 2. The number of sulfonamides is 1. The monoisotopic (exact) mass is 297 g/mol. The van der Waals surface area contributed by atoms with E-state index >= 15 is 0 Å². The lowest BCUT2D eigenvalue weighted by Crippen LogP contribution is -2.25. The first kappa shape index (κ1) is 14.6. The summed E-state index contributed by atoms with van der Waals surface area (Å²) in [6.07, 6.45) is 0. The van der Waals surface area contributed by atoms with E-state index in [0.29, 0.717) is 5.56 Å². The van der Waals surface area contributed by atoms with Crippen LogP contribution in [0.15, 0.2) is 47.4 Å². The van der Waals surface area contributed by atoms with Crippen molar-refractivity contribution in [1.29, 1.82) is 0 Å². The van der Waals surface area contributed by atoms with Gasteiger partial charge in [0.15, 0.2) is 4.90 Å². The van der Waals surface area contributed by atoms with Crippen LogP contribution >= 0.6 is 0 Å². The zero-order valence-electron chi connectivity index (χ0n) is 10.7. The highest BCUT2D eigenvalue weighted by Gasteiger charge is 2.23. The second-order valence-electron chi connectivity index (χ2n) is 4.36. The van der Waals surface area contributed by atoms with Crippen LogP contribution in [-0.4, -0.2) is 8.42 Å². The third-order valence-corrected chi connectivity index (χ3v) is 4.19. The minimum Gasteiger partial charge on any atom is -0.207 e. The van der Waals surface area contributed by atoms with Crippen LogP contribution in [0.2, 0.25) is 0 Å². The van der Waals surface area contributed by atoms with Crippen molar-refractivity contribution in [3.63, 3.8) is 0 Å². The van der Waals surface area contributed by atoms with E-state index in [1.165, 1.54) is 0 Å². The third kappa shape index (κ3) is 3.20. The summed E-state index contributed by atoms with van der Waals surface area (Å²) in [6, 6.07) is 10.1. The van der Waals surface area contributed by atoms with Gasteiger partial charge in [0, 0.05) is 6.54 Å². The Kier molecular flexibility index (Phi) is 4.15. The molecule has 0 saturated heterocycles. The Labute approximate surface area is 116 Å². The Hall–Kier alpha value is -1.79. The predicted molar refractivity (Wildman–Crippen MR) is 71.6 cm³/mol. The van der Waals surface area contributed by atoms with Gasteiger partial charge in [0.2, 0.25) is 10.0 Å². The Bertz CT molecular complexity index is 709. The van der Waals surface area contributed by atoms with Crippen LogP contribution in [0, 0.1) is 18.6 Å². The molecule has 0 atom stereocenters. The molecule has 0 bridgehead atoms. The molecular formula is C14H13F2NO2S. The summed E-state index contributed by atoms with van der Waals surface area (Å²) in [4.78, 5) is -0.951. The molecule has 0 saturated carbocycles. The van der Waals surface area contributed by atoms with Gasteiger partial charge in [-0.3, -0.25) is 0 Å². The average molecular weight is 297 g/mol. The fourth-order valence-corrected chi connectivity index (χ4v) is 2.96. The van der Waals surface area contributed by atoms with Crippen molar-refractivity contribution >= 4 is 10.0 Å². The Morgan fingerprint density at radius 2 is 1.65 bits per heavy atom. The molecule has 106 valence electrons. The number of hydrogen-bond donors (Lipinski definition) is 1. The zero-order valence-corrected chi connectivity index (χ0v) is 11.5. The fraction of sp³-hybridized carbons (Fsp3) is 0.143. The van der Waals surface area contributed by atoms with E-state index in [1.807, 2.05) is 13.0 Å². The van der Waals surface area contributed by atoms with Crippen LogP contribution in [0.4, 0.5) is 8.78 Å². The maximum absolute atomic E-state index is 13.5. The average Bonchev–Trinajstić information content (AvgIpc) is 2.36. The van der Waals surface area contributed by atoms with Crippen molar-refractivity contribution in [2.45, 2.75) is 18.4 Å². The van der Waals surface area contributed by atoms with E-state index in [2.05, 4.69) is 4.72 Å². The van der Waals surface area contributed by atoms with Gasteiger partial charge in [-0.15, -0.1) is 0 Å². The minimum atomic E-state index is -4.23. The van der Waals surface area contributed by atoms with E-state index in [0.717, 1.165) is 23.8 Å². The van der Waals surface area contributed by atoms with Gasteiger partial charge in [-0.05, 0) is 24.6 Å². The molecule has 0 radical (unpaired) electrons. The topological polar surface area (TPSA) is 46.2 Å². The van der Waals surface area contributed by atoms with Crippen LogP contribution in [0.1, 0.15) is 11.1 Å². The molecular weight excluding hydrogens is 284 g/mol. The zero-order chi connectivity index (χ0) is 14.8. The molecule has 0 heterocycles. The van der Waals surface area contributed by atoms with Gasteiger partial charge < -0.3 is 0 Å². The lowest BCUT2D eigenvalue weighted by molar-refractivity contribution is 0.514. The molecule has 0 aliphatic rings. The molecule has 3 nitrogen and oxygen atoms in total. The summed E-state index contributed by atoms with van der Waals surface area (Å²) in [7, 11) is -4.23. The summed E-state index contributed by atoms with van der Waals surface area (Å²) < 4.78 is 53.0. The summed E-state index contributed by atoms with van der Waals surface area (Å²) in [5.74, 6) is -2.22. The van der Waals surface area contributed by atoms with Crippen molar-refractivity contribution in [1.82, 2.24) is 4.72 Å². The molecule has 2 rings (SSSR count). The van der Waals surface area contributed by atoms with Gasteiger partial charge in [-0.2, -0.15) is 0 Å². The van der Waals surface area contributed by atoms with Gasteiger partial charge >= 0.3 is 0 Å². The van der Waals surface area contributed by atoms with Crippen molar-refractivity contribution in [2.24, 2.45) is 0 Å². The van der Waals surface area contributed by atoms with Crippen molar-refractivity contribution in [3.05, 3.63) is 65.2 Å². The molecule has 0 aliphatic carbocycles. The summed E-state index contributed by atoms with van der Waals surface area (Å²) >= 11 is 0. The second-order valence-corrected chi connectivity index (χ2v) is 6.07. The van der Waals surface area contributed by atoms with E-state index in [9.17, 15) is 17.2 Å². The highest BCUT2D eigenvalue weighted by molar-refractivity contribution is 7.89. The normalized spacial score (nSPS) is 11.6. The Balaban J connectivity index is 2.24. The van der Waals surface area contributed by atoms with Gasteiger partial charge in [0.05, 0.1) is 0 Å². The molecule has 2 aromatic carbocycles. The molecule has 0 aromatic heterocycles. The lowest BCUT2D eigenvalue weighted by atomic mass is 10.1. The molecule has 0 unspecified atom stereocenters. The summed E-state index contributed by atoms with van der Waals surface area (Å²) in [6.45, 7) is 1.84. The molecule has 20 heavy (non-hydrogen) atoms. The quantitative estimate of drug-likeness (QED) is 0.943. The minimum absolute atomic E-state index is 0.0300. The van der Waals surface area contributed by atoms with E-state index in [-0.39, 0.29) is 6.54 Å². The molecule has 0 fully saturated rings. The van der Waals surface area contributed by atoms with Crippen LogP contribution in [0.3, 0.4) is 0 Å². The van der Waals surface area contributed by atoms with Crippen LogP contribution in [-0.2, 0) is 16.6 Å².